The lowest BCUT2D eigenvalue weighted by Crippen LogP contribution is -2.10. The Morgan fingerprint density at radius 2 is 1.32 bits per heavy atom. The Bertz CT molecular complexity index is 327. The molecule has 0 N–H and O–H groups in total. The first-order chi connectivity index (χ1) is 9.02. The Morgan fingerprint density at radius 3 is 1.68 bits per heavy atom. The molecule has 0 bridgehead atoms. The zero-order valence-electron chi connectivity index (χ0n) is 12.6. The van der Waals surface area contributed by atoms with E-state index in [1.165, 1.54) is 0 Å². The van der Waals surface area contributed by atoms with Crippen molar-refractivity contribution in [3.05, 3.63) is 0 Å². The Kier molecular flexibility index (Phi) is 4.83. The fraction of sp³-hybridized carbons (Fsp3) is 0.867. The molecule has 4 heteroatoms. The van der Waals surface area contributed by atoms with Gasteiger partial charge in [-0.1, -0.05) is 27.7 Å². The predicted molar refractivity (Wildman–Crippen MR) is 77.9 cm³/mol. The average molecular weight is 266 g/mol. The molecule has 0 amide bonds. The van der Waals surface area contributed by atoms with Crippen LogP contribution in [0.3, 0.4) is 0 Å². The number of rotatable bonds is 6. The molecule has 2 rings (SSSR count). The minimum absolute atomic E-state index is 0.323. The second kappa shape index (κ2) is 6.40. The van der Waals surface area contributed by atoms with Gasteiger partial charge in [0, 0.05) is 0 Å². The van der Waals surface area contributed by atoms with Gasteiger partial charge in [0.2, 0.25) is 0 Å². The molecule has 0 aromatic rings. The number of hydrogen-bond acceptors (Lipinski definition) is 4. The molecular weight excluding hydrogens is 240 g/mol. The monoisotopic (exact) mass is 266 g/mol. The zero-order valence-corrected chi connectivity index (χ0v) is 12.6. The van der Waals surface area contributed by atoms with Crippen molar-refractivity contribution in [1.29, 1.82) is 0 Å². The summed E-state index contributed by atoms with van der Waals surface area (Å²) in [4.78, 5) is 9.22. The second-order valence-electron chi connectivity index (χ2n) is 6.41. The smallest absolute Gasteiger partial charge is 0.193 e. The Morgan fingerprint density at radius 1 is 0.895 bits per heavy atom. The fourth-order valence-corrected chi connectivity index (χ4v) is 2.59. The maximum Gasteiger partial charge on any atom is 0.193 e. The van der Waals surface area contributed by atoms with Crippen molar-refractivity contribution in [3.8, 4) is 0 Å². The van der Waals surface area contributed by atoms with Crippen LogP contribution in [0.1, 0.15) is 47.0 Å². The normalized spacial score (nSPS) is 26.4. The Labute approximate surface area is 116 Å². The van der Waals surface area contributed by atoms with Crippen LogP contribution < -0.4 is 0 Å². The van der Waals surface area contributed by atoms with Crippen LogP contribution in [-0.2, 0) is 9.47 Å². The largest absolute Gasteiger partial charge is 0.478 e. The Hall–Kier alpha value is -1.06. The molecule has 0 spiro atoms. The van der Waals surface area contributed by atoms with E-state index in [1.54, 1.807) is 0 Å². The van der Waals surface area contributed by atoms with Gasteiger partial charge in [-0.25, -0.2) is 9.98 Å². The van der Waals surface area contributed by atoms with E-state index in [0.29, 0.717) is 30.3 Å². The van der Waals surface area contributed by atoms with Crippen molar-refractivity contribution < 1.29 is 9.47 Å². The highest BCUT2D eigenvalue weighted by Gasteiger charge is 2.25. The lowest BCUT2D eigenvalue weighted by atomic mass is 10.1. The molecule has 0 saturated heterocycles. The van der Waals surface area contributed by atoms with Crippen molar-refractivity contribution in [2.75, 3.05) is 13.2 Å². The molecule has 0 unspecified atom stereocenters. The van der Waals surface area contributed by atoms with E-state index in [0.717, 1.165) is 37.9 Å². The summed E-state index contributed by atoms with van der Waals surface area (Å²) in [5, 5.41) is 0. The summed E-state index contributed by atoms with van der Waals surface area (Å²) >= 11 is 0. The summed E-state index contributed by atoms with van der Waals surface area (Å²) in [6, 6.07) is 0.645. The summed E-state index contributed by atoms with van der Waals surface area (Å²) in [5.41, 5.74) is 0. The SMILES string of the molecule is CC(C)C[C@H]1COC(CC2=N[C@@H](CC(C)C)CO2)=N1. The van der Waals surface area contributed by atoms with Crippen LogP contribution in [0.15, 0.2) is 9.98 Å². The van der Waals surface area contributed by atoms with Crippen LogP contribution in [0, 0.1) is 11.8 Å². The molecule has 0 aromatic carbocycles. The molecule has 2 aliphatic heterocycles. The van der Waals surface area contributed by atoms with Gasteiger partial charge in [-0.2, -0.15) is 0 Å². The molecule has 0 fully saturated rings. The van der Waals surface area contributed by atoms with Crippen LogP contribution in [0.5, 0.6) is 0 Å². The standard InChI is InChI=1S/C15H26N2O2/c1-10(2)5-12-8-18-14(16-12)7-15-17-13(9-19-15)6-11(3)4/h10-13H,5-9H2,1-4H3/t12-,13-/m0/s1. The molecule has 19 heavy (non-hydrogen) atoms. The van der Waals surface area contributed by atoms with E-state index < -0.39 is 0 Å². The van der Waals surface area contributed by atoms with Crippen LogP contribution >= 0.6 is 0 Å². The van der Waals surface area contributed by atoms with Gasteiger partial charge in [0.1, 0.15) is 13.2 Å². The van der Waals surface area contributed by atoms with Crippen LogP contribution in [0.2, 0.25) is 0 Å². The van der Waals surface area contributed by atoms with E-state index in [-0.39, 0.29) is 0 Å². The molecule has 0 aromatic heterocycles. The van der Waals surface area contributed by atoms with Crippen LogP contribution in [0.25, 0.3) is 0 Å². The van der Waals surface area contributed by atoms with Crippen molar-refractivity contribution in [3.63, 3.8) is 0 Å². The van der Waals surface area contributed by atoms with Gasteiger partial charge < -0.3 is 9.47 Å². The van der Waals surface area contributed by atoms with Crippen molar-refractivity contribution in [2.45, 2.75) is 59.0 Å². The quantitative estimate of drug-likeness (QED) is 0.741. The van der Waals surface area contributed by atoms with Gasteiger partial charge in [0.25, 0.3) is 0 Å². The van der Waals surface area contributed by atoms with Crippen molar-refractivity contribution >= 4 is 11.8 Å². The predicted octanol–water partition coefficient (Wildman–Crippen LogP) is 3.06. The third-order valence-electron chi connectivity index (χ3n) is 3.33. The van der Waals surface area contributed by atoms with Gasteiger partial charge >= 0.3 is 0 Å². The average Bonchev–Trinajstić information content (AvgIpc) is 2.88. The molecular formula is C15H26N2O2. The third kappa shape index (κ3) is 4.51. The fourth-order valence-electron chi connectivity index (χ4n) is 2.59. The summed E-state index contributed by atoms with van der Waals surface area (Å²) < 4.78 is 11.3. The number of ether oxygens (including phenoxy) is 2. The third-order valence-corrected chi connectivity index (χ3v) is 3.33. The lowest BCUT2D eigenvalue weighted by Gasteiger charge is -2.06. The highest BCUT2D eigenvalue weighted by atomic mass is 16.5. The number of aliphatic imine (C=N–C) groups is 2. The van der Waals surface area contributed by atoms with Gasteiger partial charge in [-0.3, -0.25) is 0 Å². The Balaban J connectivity index is 1.82. The summed E-state index contributed by atoms with van der Waals surface area (Å²) in [6.07, 6.45) is 2.81. The first kappa shape index (κ1) is 14.4. The van der Waals surface area contributed by atoms with Crippen LogP contribution in [-0.4, -0.2) is 37.1 Å². The first-order valence-electron chi connectivity index (χ1n) is 7.42. The second-order valence-corrected chi connectivity index (χ2v) is 6.41. The maximum absolute atomic E-state index is 5.63. The summed E-state index contributed by atoms with van der Waals surface area (Å²) in [7, 11) is 0. The molecule has 0 aliphatic carbocycles. The first-order valence-corrected chi connectivity index (χ1v) is 7.42. The van der Waals surface area contributed by atoms with Gasteiger partial charge in [-0.05, 0) is 24.7 Å². The molecule has 4 nitrogen and oxygen atoms in total. The number of hydrogen-bond donors (Lipinski definition) is 0. The van der Waals surface area contributed by atoms with E-state index in [9.17, 15) is 0 Å². The summed E-state index contributed by atoms with van der Waals surface area (Å²) in [6.45, 7) is 10.3. The molecule has 108 valence electrons. The van der Waals surface area contributed by atoms with E-state index >= 15 is 0 Å². The minimum atomic E-state index is 0.323. The maximum atomic E-state index is 5.63. The molecule has 2 heterocycles. The van der Waals surface area contributed by atoms with Crippen molar-refractivity contribution in [1.82, 2.24) is 0 Å². The van der Waals surface area contributed by atoms with E-state index in [2.05, 4.69) is 37.7 Å². The topological polar surface area (TPSA) is 43.2 Å². The van der Waals surface area contributed by atoms with Gasteiger partial charge in [-0.15, -0.1) is 0 Å². The van der Waals surface area contributed by atoms with Crippen molar-refractivity contribution in [2.24, 2.45) is 21.8 Å². The lowest BCUT2D eigenvalue weighted by molar-refractivity contribution is 0.285. The van der Waals surface area contributed by atoms with E-state index in [1.807, 2.05) is 0 Å². The zero-order chi connectivity index (χ0) is 13.8. The van der Waals surface area contributed by atoms with E-state index in [4.69, 9.17) is 9.47 Å². The van der Waals surface area contributed by atoms with Gasteiger partial charge in [0.05, 0.1) is 18.5 Å². The molecule has 0 radical (unpaired) electrons. The van der Waals surface area contributed by atoms with Crippen LogP contribution in [0.4, 0.5) is 0 Å². The highest BCUT2D eigenvalue weighted by molar-refractivity contribution is 5.98. The molecule has 2 aliphatic rings. The van der Waals surface area contributed by atoms with Gasteiger partial charge in [0.15, 0.2) is 11.8 Å². The summed E-state index contributed by atoms with van der Waals surface area (Å²) in [5.74, 6) is 2.92. The minimum Gasteiger partial charge on any atom is -0.478 e. The highest BCUT2D eigenvalue weighted by Crippen LogP contribution is 2.19. The molecule has 0 saturated carbocycles. The number of nitrogens with zero attached hydrogens (tertiary/aromatic N) is 2. The molecule has 2 atom stereocenters.